The molecule has 0 saturated carbocycles. The van der Waals surface area contributed by atoms with Crippen LogP contribution in [0.15, 0.2) is 60.7 Å². The van der Waals surface area contributed by atoms with Gasteiger partial charge >= 0.3 is 0 Å². The van der Waals surface area contributed by atoms with Gasteiger partial charge in [-0.1, -0.05) is 46.9 Å². The Morgan fingerprint density at radius 1 is 0.828 bits per heavy atom. The molecule has 0 spiro atoms. The largest absolute Gasteiger partial charge is 0.390 e. The van der Waals surface area contributed by atoms with Crippen molar-refractivity contribution >= 4 is 56.6 Å². The van der Waals surface area contributed by atoms with Crippen LogP contribution in [0.5, 0.6) is 0 Å². The van der Waals surface area contributed by atoms with Crippen LogP contribution >= 0.6 is 34.8 Å². The molecule has 1 aromatic heterocycles. The van der Waals surface area contributed by atoms with E-state index in [1.54, 1.807) is 0 Å². The summed E-state index contributed by atoms with van der Waals surface area (Å²) in [7, 11) is 0. The number of aliphatic hydroxyl groups excluding tert-OH is 1. The maximum Gasteiger partial charge on any atom is 0.0843 e. The molecule has 2 N–H and O–H groups in total. The lowest BCUT2D eigenvalue weighted by Crippen LogP contribution is -2.31. The number of benzene rings is 3. The smallest absolute Gasteiger partial charge is 0.0843 e. The summed E-state index contributed by atoms with van der Waals surface area (Å²) in [4.78, 5) is 0. The highest BCUT2D eigenvalue weighted by Gasteiger charge is 2.14. The maximum absolute atomic E-state index is 10.6. The molecule has 4 aromatic rings. The molecule has 0 bridgehead atoms. The third-order valence-corrected chi connectivity index (χ3v) is 5.75. The summed E-state index contributed by atoms with van der Waals surface area (Å²) in [5.74, 6) is 0. The number of aromatic nitrogens is 1. The third kappa shape index (κ3) is 4.71. The summed E-state index contributed by atoms with van der Waals surface area (Å²) in [5, 5.41) is 18.1. The minimum absolute atomic E-state index is 0.480. The molecule has 0 amide bonds. The van der Waals surface area contributed by atoms with E-state index in [0.29, 0.717) is 23.1 Å². The summed E-state index contributed by atoms with van der Waals surface area (Å²) in [5.41, 5.74) is 3.24. The number of fused-ring (bicyclic) bond motifs is 3. The second kappa shape index (κ2) is 8.95. The molecule has 0 aliphatic rings. The molecular formula is C23H21Cl3N2O. The number of aliphatic hydroxyl groups is 1. The Morgan fingerprint density at radius 2 is 1.45 bits per heavy atom. The van der Waals surface area contributed by atoms with Gasteiger partial charge in [0, 0.05) is 43.4 Å². The molecule has 150 valence electrons. The topological polar surface area (TPSA) is 37.2 Å². The van der Waals surface area contributed by atoms with Gasteiger partial charge in [0.1, 0.15) is 0 Å². The average Bonchev–Trinajstić information content (AvgIpc) is 2.97. The van der Waals surface area contributed by atoms with Gasteiger partial charge in [-0.05, 0) is 67.1 Å². The van der Waals surface area contributed by atoms with E-state index < -0.39 is 6.10 Å². The molecule has 0 aliphatic heterocycles. The Hall–Kier alpha value is -1.75. The number of halogens is 3. The van der Waals surface area contributed by atoms with Crippen LogP contribution < -0.4 is 5.32 Å². The molecule has 0 radical (unpaired) electrons. The monoisotopic (exact) mass is 446 g/mol. The molecule has 0 fully saturated rings. The molecule has 3 aromatic carbocycles. The van der Waals surface area contributed by atoms with E-state index in [0.717, 1.165) is 39.8 Å². The zero-order chi connectivity index (χ0) is 20.4. The lowest BCUT2D eigenvalue weighted by Gasteiger charge is -2.15. The number of nitrogens with zero attached hydrogens (tertiary/aromatic N) is 1. The SMILES string of the molecule is OC(CNCCc1cccc(Cl)c1)Cn1c2ccc(Cl)cc2c2cc(Cl)ccc21. The summed E-state index contributed by atoms with van der Waals surface area (Å²) in [6.07, 6.45) is 0.333. The number of rotatable bonds is 7. The first-order chi connectivity index (χ1) is 14.0. The fraction of sp³-hybridized carbons (Fsp3) is 0.217. The average molecular weight is 448 g/mol. The van der Waals surface area contributed by atoms with Crippen LogP contribution in [0.1, 0.15) is 5.56 Å². The van der Waals surface area contributed by atoms with Gasteiger partial charge in [0.15, 0.2) is 0 Å². The minimum atomic E-state index is -0.528. The minimum Gasteiger partial charge on any atom is -0.390 e. The quantitative estimate of drug-likeness (QED) is 0.344. The summed E-state index contributed by atoms with van der Waals surface area (Å²) in [6.45, 7) is 1.76. The molecule has 6 heteroatoms. The second-order valence-corrected chi connectivity index (χ2v) is 8.48. The first-order valence-corrected chi connectivity index (χ1v) is 10.6. The highest BCUT2D eigenvalue weighted by molar-refractivity contribution is 6.33. The van der Waals surface area contributed by atoms with Crippen LogP contribution in [0.4, 0.5) is 0 Å². The number of hydrogen-bond acceptors (Lipinski definition) is 2. The van der Waals surface area contributed by atoms with E-state index in [1.165, 1.54) is 5.56 Å². The Kier molecular flexibility index (Phi) is 6.33. The molecule has 0 saturated heterocycles. The van der Waals surface area contributed by atoms with Crippen LogP contribution in [-0.2, 0) is 13.0 Å². The standard InChI is InChI=1S/C23H21Cl3N2O/c24-16-3-1-2-15(10-16)8-9-27-13-19(29)14-28-22-6-4-17(25)11-20(22)21-12-18(26)5-7-23(21)28/h1-7,10-12,19,27,29H,8-9,13-14H2. The van der Waals surface area contributed by atoms with Gasteiger partial charge < -0.3 is 15.0 Å². The lowest BCUT2D eigenvalue weighted by atomic mass is 10.1. The predicted octanol–water partition coefficient (Wildman–Crippen LogP) is 5.95. The van der Waals surface area contributed by atoms with Gasteiger partial charge in [-0.3, -0.25) is 0 Å². The highest BCUT2D eigenvalue weighted by Crippen LogP contribution is 2.33. The van der Waals surface area contributed by atoms with Gasteiger partial charge in [0.25, 0.3) is 0 Å². The Labute approximate surface area is 184 Å². The van der Waals surface area contributed by atoms with E-state index in [-0.39, 0.29) is 0 Å². The lowest BCUT2D eigenvalue weighted by molar-refractivity contribution is 0.154. The molecule has 1 heterocycles. The fourth-order valence-corrected chi connectivity index (χ4v) is 4.27. The fourth-order valence-electron chi connectivity index (χ4n) is 3.71. The molecule has 1 unspecified atom stereocenters. The second-order valence-electron chi connectivity index (χ2n) is 7.17. The van der Waals surface area contributed by atoms with Gasteiger partial charge in [-0.15, -0.1) is 0 Å². The summed E-state index contributed by atoms with van der Waals surface area (Å²) < 4.78 is 2.13. The van der Waals surface area contributed by atoms with Crippen molar-refractivity contribution in [1.29, 1.82) is 0 Å². The number of hydrogen-bond donors (Lipinski definition) is 2. The Balaban J connectivity index is 1.46. The van der Waals surface area contributed by atoms with E-state index in [9.17, 15) is 5.11 Å². The van der Waals surface area contributed by atoms with Crippen molar-refractivity contribution in [2.24, 2.45) is 0 Å². The van der Waals surface area contributed by atoms with Crippen LogP contribution in [0.3, 0.4) is 0 Å². The summed E-state index contributed by atoms with van der Waals surface area (Å²) >= 11 is 18.4. The summed E-state index contributed by atoms with van der Waals surface area (Å²) in [6, 6.07) is 19.5. The van der Waals surface area contributed by atoms with E-state index >= 15 is 0 Å². The predicted molar refractivity (Wildman–Crippen MR) is 123 cm³/mol. The number of nitrogens with one attached hydrogen (secondary N) is 1. The van der Waals surface area contributed by atoms with Crippen LogP contribution in [-0.4, -0.2) is 28.9 Å². The van der Waals surface area contributed by atoms with Crippen LogP contribution in [0.25, 0.3) is 21.8 Å². The third-order valence-electron chi connectivity index (χ3n) is 5.04. The van der Waals surface area contributed by atoms with E-state index in [2.05, 4.69) is 16.0 Å². The first-order valence-electron chi connectivity index (χ1n) is 9.51. The maximum atomic E-state index is 10.6. The van der Waals surface area contributed by atoms with Crippen molar-refractivity contribution in [3.05, 3.63) is 81.3 Å². The molecule has 4 rings (SSSR count). The normalized spacial score (nSPS) is 12.7. The van der Waals surface area contributed by atoms with Crippen molar-refractivity contribution in [3.8, 4) is 0 Å². The highest BCUT2D eigenvalue weighted by atomic mass is 35.5. The van der Waals surface area contributed by atoms with Gasteiger partial charge in [0.2, 0.25) is 0 Å². The van der Waals surface area contributed by atoms with Crippen molar-refractivity contribution in [3.63, 3.8) is 0 Å². The van der Waals surface area contributed by atoms with Crippen molar-refractivity contribution < 1.29 is 5.11 Å². The van der Waals surface area contributed by atoms with Crippen molar-refractivity contribution in [1.82, 2.24) is 9.88 Å². The zero-order valence-electron chi connectivity index (χ0n) is 15.7. The Morgan fingerprint density at radius 3 is 2.07 bits per heavy atom. The van der Waals surface area contributed by atoms with Gasteiger partial charge in [0.05, 0.1) is 12.6 Å². The zero-order valence-corrected chi connectivity index (χ0v) is 18.0. The van der Waals surface area contributed by atoms with Crippen LogP contribution in [0.2, 0.25) is 15.1 Å². The molecule has 3 nitrogen and oxygen atoms in total. The van der Waals surface area contributed by atoms with E-state index in [4.69, 9.17) is 34.8 Å². The molecule has 0 aliphatic carbocycles. The molecular weight excluding hydrogens is 427 g/mol. The first kappa shape index (κ1) is 20.5. The van der Waals surface area contributed by atoms with Crippen LogP contribution in [0, 0.1) is 0 Å². The van der Waals surface area contributed by atoms with Gasteiger partial charge in [-0.25, -0.2) is 0 Å². The van der Waals surface area contributed by atoms with E-state index in [1.807, 2.05) is 54.6 Å². The van der Waals surface area contributed by atoms with Gasteiger partial charge in [-0.2, -0.15) is 0 Å². The van der Waals surface area contributed by atoms with Crippen molar-refractivity contribution in [2.75, 3.05) is 13.1 Å². The molecule has 29 heavy (non-hydrogen) atoms. The molecule has 1 atom stereocenters. The van der Waals surface area contributed by atoms with Crippen molar-refractivity contribution in [2.45, 2.75) is 19.1 Å². The Bertz CT molecular complexity index is 1100.